The molecule has 1 aromatic rings. The smallest absolute Gasteiger partial charge is 0.0522 e. The third kappa shape index (κ3) is 1.74. The molecule has 0 saturated heterocycles. The molecule has 2 heteroatoms. The Morgan fingerprint density at radius 2 is 2.13 bits per heavy atom. The van der Waals surface area contributed by atoms with E-state index in [-0.39, 0.29) is 12.0 Å². The highest BCUT2D eigenvalue weighted by Gasteiger charge is 2.23. The van der Waals surface area contributed by atoms with Crippen LogP contribution in [0, 0.1) is 0 Å². The van der Waals surface area contributed by atoms with Gasteiger partial charge >= 0.3 is 0 Å². The number of anilines is 1. The first kappa shape index (κ1) is 10.5. The number of likely N-dealkylation sites (N-methyl/N-ethyl adjacent to an activating group) is 1. The molecule has 1 N–H and O–H groups in total. The number of hydrogen-bond acceptors (Lipinski definition) is 2. The zero-order valence-corrected chi connectivity index (χ0v) is 9.75. The molecule has 2 rings (SSSR count). The van der Waals surface area contributed by atoms with Crippen molar-refractivity contribution in [2.45, 2.75) is 25.7 Å². The molecule has 82 valence electrons. The van der Waals surface area contributed by atoms with Gasteiger partial charge in [-0.25, -0.2) is 0 Å². The summed E-state index contributed by atoms with van der Waals surface area (Å²) in [6, 6.07) is 6.57. The Morgan fingerprint density at radius 1 is 1.40 bits per heavy atom. The van der Waals surface area contributed by atoms with E-state index in [0.717, 1.165) is 13.0 Å². The molecule has 0 unspecified atom stereocenters. The topological polar surface area (TPSA) is 23.5 Å². The molecule has 0 atom stereocenters. The van der Waals surface area contributed by atoms with Crippen LogP contribution in [0.15, 0.2) is 18.2 Å². The largest absolute Gasteiger partial charge is 0.395 e. The fourth-order valence-electron chi connectivity index (χ4n) is 2.05. The first-order chi connectivity index (χ1) is 7.04. The van der Waals surface area contributed by atoms with Crippen molar-refractivity contribution < 1.29 is 5.11 Å². The lowest BCUT2D eigenvalue weighted by Gasteiger charge is -2.24. The molecule has 1 aromatic carbocycles. The molecule has 0 amide bonds. The molecule has 0 saturated carbocycles. The minimum absolute atomic E-state index is 0.140. The molecular formula is C13H19NO. The standard InChI is InChI=1S/C13H19NO/c1-13(2,9-15)11-5-4-10-6-7-14(3)12(10)8-11/h4-5,8,15H,6-7,9H2,1-3H3. The van der Waals surface area contributed by atoms with Crippen molar-refractivity contribution in [1.82, 2.24) is 0 Å². The fourth-order valence-corrected chi connectivity index (χ4v) is 2.05. The predicted molar refractivity (Wildman–Crippen MR) is 63.5 cm³/mol. The van der Waals surface area contributed by atoms with Crippen LogP contribution in [0.5, 0.6) is 0 Å². The third-order valence-corrected chi connectivity index (χ3v) is 3.39. The van der Waals surface area contributed by atoms with Gasteiger partial charge in [0.05, 0.1) is 6.61 Å². The van der Waals surface area contributed by atoms with E-state index in [4.69, 9.17) is 0 Å². The van der Waals surface area contributed by atoms with Crippen molar-refractivity contribution in [3.05, 3.63) is 29.3 Å². The lowest BCUT2D eigenvalue weighted by molar-refractivity contribution is 0.218. The number of rotatable bonds is 2. The molecule has 0 radical (unpaired) electrons. The van der Waals surface area contributed by atoms with E-state index in [1.54, 1.807) is 0 Å². The molecule has 1 heterocycles. The van der Waals surface area contributed by atoms with Gasteiger partial charge in [-0.2, -0.15) is 0 Å². The van der Waals surface area contributed by atoms with Gasteiger partial charge < -0.3 is 10.0 Å². The molecular weight excluding hydrogens is 186 g/mol. The summed E-state index contributed by atoms with van der Waals surface area (Å²) < 4.78 is 0. The summed E-state index contributed by atoms with van der Waals surface area (Å²) in [5.41, 5.74) is 3.83. The Bertz CT molecular complexity index is 371. The highest BCUT2D eigenvalue weighted by molar-refractivity contribution is 5.59. The number of nitrogens with zero attached hydrogens (tertiary/aromatic N) is 1. The fraction of sp³-hybridized carbons (Fsp3) is 0.538. The second kappa shape index (κ2) is 3.53. The van der Waals surface area contributed by atoms with Crippen LogP contribution in [-0.4, -0.2) is 25.3 Å². The van der Waals surface area contributed by atoms with Crippen LogP contribution in [-0.2, 0) is 11.8 Å². The first-order valence-corrected chi connectivity index (χ1v) is 5.50. The normalized spacial score (nSPS) is 15.6. The van der Waals surface area contributed by atoms with Crippen molar-refractivity contribution >= 4 is 5.69 Å². The summed E-state index contributed by atoms with van der Waals surface area (Å²) in [4.78, 5) is 2.28. The number of fused-ring (bicyclic) bond motifs is 1. The van der Waals surface area contributed by atoms with Gasteiger partial charge in [-0.3, -0.25) is 0 Å². The van der Waals surface area contributed by atoms with E-state index < -0.39 is 0 Å². The molecule has 0 spiro atoms. The van der Waals surface area contributed by atoms with Gasteiger partial charge in [0.25, 0.3) is 0 Å². The molecule has 0 aliphatic carbocycles. The van der Waals surface area contributed by atoms with Gasteiger partial charge in [0.15, 0.2) is 0 Å². The quantitative estimate of drug-likeness (QED) is 0.797. The average molecular weight is 205 g/mol. The summed E-state index contributed by atoms with van der Waals surface area (Å²) in [5, 5.41) is 9.35. The maximum Gasteiger partial charge on any atom is 0.0522 e. The van der Waals surface area contributed by atoms with Crippen LogP contribution in [0.2, 0.25) is 0 Å². The lowest BCUT2D eigenvalue weighted by atomic mass is 9.85. The molecule has 1 aliphatic rings. The van der Waals surface area contributed by atoms with Crippen LogP contribution >= 0.6 is 0 Å². The monoisotopic (exact) mass is 205 g/mol. The van der Waals surface area contributed by atoms with Crippen LogP contribution in [0.25, 0.3) is 0 Å². The van der Waals surface area contributed by atoms with Crippen molar-refractivity contribution in [3.8, 4) is 0 Å². The van der Waals surface area contributed by atoms with E-state index in [0.29, 0.717) is 0 Å². The zero-order chi connectivity index (χ0) is 11.1. The molecule has 1 aliphatic heterocycles. The SMILES string of the molecule is CN1CCc2ccc(C(C)(C)CO)cc21. The van der Waals surface area contributed by atoms with Gasteiger partial charge in [0.1, 0.15) is 0 Å². The number of benzene rings is 1. The van der Waals surface area contributed by atoms with Gasteiger partial charge in [0, 0.05) is 24.7 Å². The van der Waals surface area contributed by atoms with E-state index >= 15 is 0 Å². The third-order valence-electron chi connectivity index (χ3n) is 3.39. The lowest BCUT2D eigenvalue weighted by Crippen LogP contribution is -2.22. The Kier molecular flexibility index (Phi) is 2.47. The minimum Gasteiger partial charge on any atom is -0.395 e. The van der Waals surface area contributed by atoms with Gasteiger partial charge in [0.2, 0.25) is 0 Å². The maximum atomic E-state index is 9.35. The number of hydrogen-bond donors (Lipinski definition) is 1. The Morgan fingerprint density at radius 3 is 2.80 bits per heavy atom. The molecule has 15 heavy (non-hydrogen) atoms. The molecule has 0 aromatic heterocycles. The van der Waals surface area contributed by atoms with Crippen LogP contribution in [0.4, 0.5) is 5.69 Å². The summed E-state index contributed by atoms with van der Waals surface area (Å²) in [6.45, 7) is 5.45. The zero-order valence-electron chi connectivity index (χ0n) is 9.75. The summed E-state index contributed by atoms with van der Waals surface area (Å²) in [6.07, 6.45) is 1.14. The second-order valence-electron chi connectivity index (χ2n) is 5.06. The number of aliphatic hydroxyl groups is 1. The Labute approximate surface area is 91.5 Å². The van der Waals surface area contributed by atoms with Crippen molar-refractivity contribution in [1.29, 1.82) is 0 Å². The first-order valence-electron chi connectivity index (χ1n) is 5.50. The summed E-state index contributed by atoms with van der Waals surface area (Å²) in [5.74, 6) is 0. The van der Waals surface area contributed by atoms with Crippen molar-refractivity contribution in [2.75, 3.05) is 25.1 Å². The summed E-state index contributed by atoms with van der Waals surface area (Å²) >= 11 is 0. The second-order valence-corrected chi connectivity index (χ2v) is 5.06. The molecule has 0 fully saturated rings. The Balaban J connectivity index is 2.41. The van der Waals surface area contributed by atoms with E-state index in [9.17, 15) is 5.11 Å². The highest BCUT2D eigenvalue weighted by atomic mass is 16.3. The van der Waals surface area contributed by atoms with E-state index in [2.05, 4.69) is 44.0 Å². The molecule has 0 bridgehead atoms. The van der Waals surface area contributed by atoms with E-state index in [1.165, 1.54) is 16.8 Å². The average Bonchev–Trinajstić information content (AvgIpc) is 2.60. The van der Waals surface area contributed by atoms with Gasteiger partial charge in [-0.15, -0.1) is 0 Å². The highest BCUT2D eigenvalue weighted by Crippen LogP contribution is 2.32. The molecule has 2 nitrogen and oxygen atoms in total. The summed E-state index contributed by atoms with van der Waals surface area (Å²) in [7, 11) is 2.13. The van der Waals surface area contributed by atoms with Crippen molar-refractivity contribution in [2.24, 2.45) is 0 Å². The van der Waals surface area contributed by atoms with E-state index in [1.807, 2.05) is 0 Å². The number of aliphatic hydroxyl groups excluding tert-OH is 1. The van der Waals surface area contributed by atoms with Crippen molar-refractivity contribution in [3.63, 3.8) is 0 Å². The van der Waals surface area contributed by atoms with Crippen LogP contribution in [0.1, 0.15) is 25.0 Å². The Hall–Kier alpha value is -1.02. The maximum absolute atomic E-state index is 9.35. The van der Waals surface area contributed by atoms with Gasteiger partial charge in [-0.1, -0.05) is 26.0 Å². The van der Waals surface area contributed by atoms with Gasteiger partial charge in [-0.05, 0) is 23.6 Å². The minimum atomic E-state index is -0.140. The predicted octanol–water partition coefficient (Wildman–Crippen LogP) is 1.95. The van der Waals surface area contributed by atoms with Crippen LogP contribution in [0.3, 0.4) is 0 Å². The van der Waals surface area contributed by atoms with Crippen LogP contribution < -0.4 is 4.90 Å².